The van der Waals surface area contributed by atoms with Gasteiger partial charge in [0.15, 0.2) is 0 Å². The van der Waals surface area contributed by atoms with Crippen LogP contribution in [-0.2, 0) is 6.54 Å². The van der Waals surface area contributed by atoms with Gasteiger partial charge in [0.2, 0.25) is 0 Å². The number of hydrogen-bond acceptors (Lipinski definition) is 3. The molecule has 2 nitrogen and oxygen atoms in total. The highest BCUT2D eigenvalue weighted by Crippen LogP contribution is 2.34. The Kier molecular flexibility index (Phi) is 2.17. The van der Waals surface area contributed by atoms with Gasteiger partial charge in [0, 0.05) is 17.0 Å². The molecule has 0 bridgehead atoms. The zero-order chi connectivity index (χ0) is 8.44. The summed E-state index contributed by atoms with van der Waals surface area (Å²) in [6.07, 6.45) is 2.24. The Morgan fingerprint density at radius 2 is 2.42 bits per heavy atom. The van der Waals surface area contributed by atoms with E-state index in [1.165, 1.54) is 4.88 Å². The van der Waals surface area contributed by atoms with Crippen molar-refractivity contribution in [1.29, 1.82) is 0 Å². The van der Waals surface area contributed by atoms with E-state index in [0.717, 1.165) is 19.4 Å². The van der Waals surface area contributed by atoms with Gasteiger partial charge in [-0.15, -0.1) is 11.3 Å². The number of hydrogen-bond donors (Lipinski definition) is 2. The second-order valence-corrected chi connectivity index (χ2v) is 4.40. The summed E-state index contributed by atoms with van der Waals surface area (Å²) in [6, 6.07) is 4.17. The van der Waals surface area contributed by atoms with Crippen LogP contribution in [0.1, 0.15) is 17.7 Å². The van der Waals surface area contributed by atoms with Crippen LogP contribution in [0.15, 0.2) is 17.5 Å². The van der Waals surface area contributed by atoms with E-state index in [9.17, 15) is 0 Å². The van der Waals surface area contributed by atoms with Gasteiger partial charge in [-0.25, -0.2) is 0 Å². The number of aliphatic hydroxyl groups is 1. The normalized spacial score (nSPS) is 19.4. The Morgan fingerprint density at radius 1 is 1.58 bits per heavy atom. The molecule has 0 spiro atoms. The third-order valence-electron chi connectivity index (χ3n) is 2.37. The molecule has 1 aromatic rings. The van der Waals surface area contributed by atoms with E-state index in [0.29, 0.717) is 0 Å². The highest BCUT2D eigenvalue weighted by molar-refractivity contribution is 7.09. The molecule has 1 aliphatic rings. The number of rotatable bonds is 4. The van der Waals surface area contributed by atoms with Crippen molar-refractivity contribution in [2.45, 2.75) is 24.9 Å². The first-order valence-electron chi connectivity index (χ1n) is 4.23. The SMILES string of the molecule is OCC1(NCc2cccs2)CC1. The second kappa shape index (κ2) is 3.17. The fraction of sp³-hybridized carbons (Fsp3) is 0.556. The Morgan fingerprint density at radius 3 is 2.92 bits per heavy atom. The molecule has 0 aliphatic heterocycles. The minimum Gasteiger partial charge on any atom is -0.394 e. The smallest absolute Gasteiger partial charge is 0.0613 e. The summed E-state index contributed by atoms with van der Waals surface area (Å²) in [5, 5.41) is 14.5. The van der Waals surface area contributed by atoms with Crippen molar-refractivity contribution in [2.75, 3.05) is 6.61 Å². The Balaban J connectivity index is 1.83. The number of thiophene rings is 1. The maximum absolute atomic E-state index is 9.03. The van der Waals surface area contributed by atoms with Crippen molar-refractivity contribution in [3.63, 3.8) is 0 Å². The van der Waals surface area contributed by atoms with Crippen molar-refractivity contribution in [3.05, 3.63) is 22.4 Å². The average Bonchev–Trinajstić information content (AvgIpc) is 2.70. The van der Waals surface area contributed by atoms with Crippen LogP contribution in [0.25, 0.3) is 0 Å². The van der Waals surface area contributed by atoms with Gasteiger partial charge in [0.25, 0.3) is 0 Å². The molecule has 2 N–H and O–H groups in total. The summed E-state index contributed by atoms with van der Waals surface area (Å²) in [7, 11) is 0. The van der Waals surface area contributed by atoms with Crippen molar-refractivity contribution < 1.29 is 5.11 Å². The largest absolute Gasteiger partial charge is 0.394 e. The van der Waals surface area contributed by atoms with E-state index < -0.39 is 0 Å². The van der Waals surface area contributed by atoms with Crippen molar-refractivity contribution in [1.82, 2.24) is 5.32 Å². The molecule has 66 valence electrons. The molecule has 1 fully saturated rings. The van der Waals surface area contributed by atoms with E-state index in [1.54, 1.807) is 11.3 Å². The molecule has 2 rings (SSSR count). The van der Waals surface area contributed by atoms with Crippen LogP contribution in [0, 0.1) is 0 Å². The first-order valence-corrected chi connectivity index (χ1v) is 5.11. The number of nitrogens with one attached hydrogen (secondary N) is 1. The van der Waals surface area contributed by atoms with Gasteiger partial charge in [0.05, 0.1) is 6.61 Å². The van der Waals surface area contributed by atoms with Crippen LogP contribution >= 0.6 is 11.3 Å². The Labute approximate surface area is 76.2 Å². The van der Waals surface area contributed by atoms with Gasteiger partial charge in [-0.1, -0.05) is 6.07 Å². The molecule has 0 atom stereocenters. The van der Waals surface area contributed by atoms with E-state index >= 15 is 0 Å². The quantitative estimate of drug-likeness (QED) is 0.738. The van der Waals surface area contributed by atoms with E-state index in [1.807, 2.05) is 0 Å². The first kappa shape index (κ1) is 8.23. The summed E-state index contributed by atoms with van der Waals surface area (Å²) in [5.41, 5.74) is 0.0734. The van der Waals surface area contributed by atoms with Gasteiger partial charge in [-0.3, -0.25) is 0 Å². The van der Waals surface area contributed by atoms with Crippen molar-refractivity contribution in [3.8, 4) is 0 Å². The molecule has 0 amide bonds. The van der Waals surface area contributed by atoms with E-state index in [4.69, 9.17) is 5.11 Å². The molecule has 1 saturated carbocycles. The predicted molar refractivity (Wildman–Crippen MR) is 50.2 cm³/mol. The van der Waals surface area contributed by atoms with Crippen LogP contribution < -0.4 is 5.32 Å². The third-order valence-corrected chi connectivity index (χ3v) is 3.25. The van der Waals surface area contributed by atoms with Gasteiger partial charge >= 0.3 is 0 Å². The fourth-order valence-electron chi connectivity index (χ4n) is 1.23. The van der Waals surface area contributed by atoms with Crippen LogP contribution in [0.3, 0.4) is 0 Å². The molecular weight excluding hydrogens is 170 g/mol. The van der Waals surface area contributed by atoms with Crippen molar-refractivity contribution >= 4 is 11.3 Å². The molecule has 0 aromatic carbocycles. The summed E-state index contributed by atoms with van der Waals surface area (Å²) < 4.78 is 0. The van der Waals surface area contributed by atoms with E-state index in [-0.39, 0.29) is 12.1 Å². The molecule has 0 radical (unpaired) electrons. The monoisotopic (exact) mass is 183 g/mol. The molecule has 0 saturated heterocycles. The Bertz CT molecular complexity index is 241. The molecule has 1 aromatic heterocycles. The number of aliphatic hydroxyl groups excluding tert-OH is 1. The molecule has 12 heavy (non-hydrogen) atoms. The second-order valence-electron chi connectivity index (χ2n) is 3.37. The lowest BCUT2D eigenvalue weighted by molar-refractivity contribution is 0.230. The molecule has 1 aliphatic carbocycles. The maximum atomic E-state index is 9.03. The lowest BCUT2D eigenvalue weighted by Gasteiger charge is -2.12. The lowest BCUT2D eigenvalue weighted by atomic mass is 10.3. The zero-order valence-electron chi connectivity index (χ0n) is 6.92. The Hall–Kier alpha value is -0.380. The third kappa shape index (κ3) is 1.68. The lowest BCUT2D eigenvalue weighted by Crippen LogP contribution is -2.33. The van der Waals surface area contributed by atoms with Crippen LogP contribution in [-0.4, -0.2) is 17.3 Å². The van der Waals surface area contributed by atoms with Crippen LogP contribution in [0.5, 0.6) is 0 Å². The minimum absolute atomic E-state index is 0.0734. The summed E-state index contributed by atoms with van der Waals surface area (Å²) in [6.45, 7) is 1.18. The van der Waals surface area contributed by atoms with Gasteiger partial charge < -0.3 is 10.4 Å². The predicted octanol–water partition coefficient (Wildman–Crippen LogP) is 1.36. The van der Waals surface area contributed by atoms with Crippen molar-refractivity contribution in [2.24, 2.45) is 0 Å². The minimum atomic E-state index is 0.0734. The topological polar surface area (TPSA) is 32.3 Å². The van der Waals surface area contributed by atoms with Gasteiger partial charge in [-0.2, -0.15) is 0 Å². The van der Waals surface area contributed by atoms with E-state index in [2.05, 4.69) is 22.8 Å². The summed E-state index contributed by atoms with van der Waals surface area (Å²) >= 11 is 1.76. The van der Waals surface area contributed by atoms with Gasteiger partial charge in [0.1, 0.15) is 0 Å². The zero-order valence-corrected chi connectivity index (χ0v) is 7.73. The van der Waals surface area contributed by atoms with Crippen LogP contribution in [0.4, 0.5) is 0 Å². The molecule has 0 unspecified atom stereocenters. The molecular formula is C9H13NOS. The highest BCUT2D eigenvalue weighted by Gasteiger charge is 2.41. The fourth-order valence-corrected chi connectivity index (χ4v) is 1.87. The summed E-state index contributed by atoms with van der Waals surface area (Å²) in [5.74, 6) is 0. The molecule has 1 heterocycles. The van der Waals surface area contributed by atoms with Gasteiger partial charge in [-0.05, 0) is 24.3 Å². The van der Waals surface area contributed by atoms with Crippen LogP contribution in [0.2, 0.25) is 0 Å². The first-order chi connectivity index (χ1) is 5.85. The standard InChI is InChI=1S/C9H13NOS/c11-7-9(3-4-9)10-6-8-2-1-5-12-8/h1-2,5,10-11H,3-4,6-7H2. The maximum Gasteiger partial charge on any atom is 0.0613 e. The highest BCUT2D eigenvalue weighted by atomic mass is 32.1. The molecule has 3 heteroatoms. The summed E-state index contributed by atoms with van der Waals surface area (Å²) in [4.78, 5) is 1.34. The average molecular weight is 183 g/mol.